The Labute approximate surface area is 114 Å². The molecular formula is C13H14BrFN2O. The Bertz CT molecular complexity index is 500. The number of benzene rings is 1. The fourth-order valence-corrected chi connectivity index (χ4v) is 2.86. The number of anilines is 1. The minimum Gasteiger partial charge on any atom is -0.394 e. The second-order valence-corrected chi connectivity index (χ2v) is 5.37. The average Bonchev–Trinajstić information content (AvgIpc) is 2.73. The van der Waals surface area contributed by atoms with Crippen molar-refractivity contribution in [3.8, 4) is 6.07 Å². The van der Waals surface area contributed by atoms with Gasteiger partial charge in [-0.3, -0.25) is 0 Å². The molecule has 1 fully saturated rings. The maximum Gasteiger partial charge on any atom is 0.161 e. The van der Waals surface area contributed by atoms with Crippen LogP contribution in [0.3, 0.4) is 0 Å². The largest absolute Gasteiger partial charge is 0.394 e. The van der Waals surface area contributed by atoms with Gasteiger partial charge in [-0.25, -0.2) is 4.39 Å². The van der Waals surface area contributed by atoms with Crippen molar-refractivity contribution in [2.45, 2.75) is 19.4 Å². The number of aliphatic hydroxyl groups excluding tert-OH is 1. The highest BCUT2D eigenvalue weighted by molar-refractivity contribution is 9.10. The third-order valence-electron chi connectivity index (χ3n) is 3.56. The van der Waals surface area contributed by atoms with Crippen LogP contribution in [0.15, 0.2) is 16.6 Å². The molecule has 0 amide bonds. The summed E-state index contributed by atoms with van der Waals surface area (Å²) in [6.45, 7) is 2.79. The summed E-state index contributed by atoms with van der Waals surface area (Å²) in [5.41, 5.74) is 0.730. The van der Waals surface area contributed by atoms with Gasteiger partial charge >= 0.3 is 0 Å². The van der Waals surface area contributed by atoms with Gasteiger partial charge in [-0.15, -0.1) is 0 Å². The van der Waals surface area contributed by atoms with E-state index >= 15 is 0 Å². The third kappa shape index (κ3) is 2.11. The molecule has 1 aromatic carbocycles. The topological polar surface area (TPSA) is 47.3 Å². The van der Waals surface area contributed by atoms with Crippen LogP contribution in [0, 0.1) is 23.1 Å². The lowest BCUT2D eigenvalue weighted by Crippen LogP contribution is -2.35. The molecule has 1 heterocycles. The van der Waals surface area contributed by atoms with Crippen LogP contribution in [-0.4, -0.2) is 24.3 Å². The van der Waals surface area contributed by atoms with Gasteiger partial charge in [0.15, 0.2) is 5.82 Å². The van der Waals surface area contributed by atoms with Gasteiger partial charge in [0, 0.05) is 6.54 Å². The molecule has 0 aliphatic carbocycles. The van der Waals surface area contributed by atoms with Gasteiger partial charge in [0.05, 0.1) is 28.4 Å². The smallest absolute Gasteiger partial charge is 0.161 e. The highest BCUT2D eigenvalue weighted by atomic mass is 79.9. The zero-order chi connectivity index (χ0) is 13.3. The maximum absolute atomic E-state index is 14.2. The minimum atomic E-state index is -0.429. The predicted octanol–water partition coefficient (Wildman–Crippen LogP) is 2.67. The van der Waals surface area contributed by atoms with E-state index in [-0.39, 0.29) is 22.7 Å². The number of aliphatic hydroxyl groups is 1. The Hall–Kier alpha value is -1.12. The Morgan fingerprint density at radius 3 is 2.94 bits per heavy atom. The van der Waals surface area contributed by atoms with E-state index in [2.05, 4.69) is 22.9 Å². The Morgan fingerprint density at radius 1 is 1.61 bits per heavy atom. The Balaban J connectivity index is 2.41. The molecule has 96 valence electrons. The first kappa shape index (κ1) is 13.3. The van der Waals surface area contributed by atoms with Crippen molar-refractivity contribution in [2.24, 2.45) is 5.92 Å². The third-order valence-corrected chi connectivity index (χ3v) is 4.34. The number of nitrogens with zero attached hydrogens (tertiary/aromatic N) is 2. The molecular weight excluding hydrogens is 299 g/mol. The lowest BCUT2D eigenvalue weighted by atomic mass is 10.0. The summed E-state index contributed by atoms with van der Waals surface area (Å²) >= 11 is 3.11. The van der Waals surface area contributed by atoms with Crippen LogP contribution in [-0.2, 0) is 0 Å². The SMILES string of the molecule is CC1CCN(c2ccc(C#N)c(Br)c2F)C1CO. The fraction of sp³-hybridized carbons (Fsp3) is 0.462. The van der Waals surface area contributed by atoms with Crippen LogP contribution in [0.2, 0.25) is 0 Å². The molecule has 1 aliphatic heterocycles. The normalized spacial score (nSPS) is 23.2. The van der Waals surface area contributed by atoms with Crippen LogP contribution in [0.1, 0.15) is 18.9 Å². The average molecular weight is 313 g/mol. The Morgan fingerprint density at radius 2 is 2.33 bits per heavy atom. The lowest BCUT2D eigenvalue weighted by molar-refractivity contribution is 0.244. The molecule has 0 spiro atoms. The summed E-state index contributed by atoms with van der Waals surface area (Å²) in [7, 11) is 0. The van der Waals surface area contributed by atoms with Gasteiger partial charge < -0.3 is 10.0 Å². The van der Waals surface area contributed by atoms with Crippen molar-refractivity contribution < 1.29 is 9.50 Å². The van der Waals surface area contributed by atoms with Crippen LogP contribution in [0.5, 0.6) is 0 Å². The molecule has 0 radical (unpaired) electrons. The monoisotopic (exact) mass is 312 g/mol. The first-order valence-corrected chi connectivity index (χ1v) is 6.65. The number of halogens is 2. The standard InChI is InChI=1S/C13H14BrFN2O/c1-8-4-5-17(11(8)7-18)10-3-2-9(6-16)12(14)13(10)15/h2-3,8,11,18H,4-5,7H2,1H3. The van der Waals surface area contributed by atoms with Crippen molar-refractivity contribution in [1.82, 2.24) is 0 Å². The number of hydrogen-bond acceptors (Lipinski definition) is 3. The molecule has 5 heteroatoms. The van der Waals surface area contributed by atoms with Crippen molar-refractivity contribution in [1.29, 1.82) is 5.26 Å². The molecule has 18 heavy (non-hydrogen) atoms. The van der Waals surface area contributed by atoms with Gasteiger partial charge in [-0.05, 0) is 40.4 Å². The zero-order valence-corrected chi connectivity index (χ0v) is 11.6. The van der Waals surface area contributed by atoms with E-state index in [9.17, 15) is 9.50 Å². The Kier molecular flexibility index (Phi) is 3.88. The minimum absolute atomic E-state index is 0.0121. The molecule has 0 aromatic heterocycles. The highest BCUT2D eigenvalue weighted by Gasteiger charge is 2.32. The summed E-state index contributed by atoms with van der Waals surface area (Å²) in [6, 6.07) is 5.08. The van der Waals surface area contributed by atoms with Crippen LogP contribution in [0.4, 0.5) is 10.1 Å². The summed E-state index contributed by atoms with van der Waals surface area (Å²) in [6.07, 6.45) is 0.933. The summed E-state index contributed by atoms with van der Waals surface area (Å²) in [5.74, 6) is -0.0922. The second kappa shape index (κ2) is 5.25. The summed E-state index contributed by atoms with van der Waals surface area (Å²) in [5, 5.41) is 18.2. The quantitative estimate of drug-likeness (QED) is 0.913. The molecule has 2 rings (SSSR count). The van der Waals surface area contributed by atoms with Gasteiger partial charge in [0.25, 0.3) is 0 Å². The predicted molar refractivity (Wildman–Crippen MR) is 70.8 cm³/mol. The fourth-order valence-electron chi connectivity index (χ4n) is 2.43. The molecule has 0 saturated carbocycles. The van der Waals surface area contributed by atoms with Gasteiger partial charge in [-0.1, -0.05) is 6.92 Å². The first-order valence-electron chi connectivity index (χ1n) is 5.85. The van der Waals surface area contributed by atoms with Crippen molar-refractivity contribution >= 4 is 21.6 Å². The van der Waals surface area contributed by atoms with Crippen molar-refractivity contribution in [3.63, 3.8) is 0 Å². The molecule has 1 aliphatic rings. The zero-order valence-electron chi connectivity index (χ0n) is 10.0. The maximum atomic E-state index is 14.2. The van der Waals surface area contributed by atoms with Crippen molar-refractivity contribution in [2.75, 3.05) is 18.1 Å². The van der Waals surface area contributed by atoms with E-state index in [0.29, 0.717) is 11.6 Å². The van der Waals surface area contributed by atoms with E-state index in [4.69, 9.17) is 5.26 Å². The van der Waals surface area contributed by atoms with E-state index in [1.165, 1.54) is 0 Å². The first-order chi connectivity index (χ1) is 8.60. The molecule has 1 aromatic rings. The summed E-state index contributed by atoms with van der Waals surface area (Å²) in [4.78, 5) is 1.88. The molecule has 2 atom stereocenters. The molecule has 1 N–H and O–H groups in total. The van der Waals surface area contributed by atoms with E-state index < -0.39 is 5.82 Å². The van der Waals surface area contributed by atoms with Gasteiger partial charge in [-0.2, -0.15) is 5.26 Å². The van der Waals surface area contributed by atoms with Gasteiger partial charge in [0.1, 0.15) is 6.07 Å². The number of rotatable bonds is 2. The molecule has 1 saturated heterocycles. The molecule has 0 bridgehead atoms. The van der Waals surface area contributed by atoms with Gasteiger partial charge in [0.2, 0.25) is 0 Å². The van der Waals surface area contributed by atoms with Crippen LogP contribution >= 0.6 is 15.9 Å². The second-order valence-electron chi connectivity index (χ2n) is 4.58. The molecule has 3 nitrogen and oxygen atoms in total. The number of hydrogen-bond donors (Lipinski definition) is 1. The number of nitriles is 1. The van der Waals surface area contributed by atoms with E-state index in [0.717, 1.165) is 13.0 Å². The molecule has 2 unspecified atom stereocenters. The van der Waals surface area contributed by atoms with E-state index in [1.54, 1.807) is 12.1 Å². The van der Waals surface area contributed by atoms with Crippen molar-refractivity contribution in [3.05, 3.63) is 28.0 Å². The lowest BCUT2D eigenvalue weighted by Gasteiger charge is -2.28. The summed E-state index contributed by atoms with van der Waals surface area (Å²) < 4.78 is 14.4. The van der Waals surface area contributed by atoms with Crippen LogP contribution < -0.4 is 4.90 Å². The highest BCUT2D eigenvalue weighted by Crippen LogP contribution is 2.35. The van der Waals surface area contributed by atoms with E-state index in [1.807, 2.05) is 11.0 Å². The van der Waals surface area contributed by atoms with Crippen LogP contribution in [0.25, 0.3) is 0 Å².